The molecule has 106 valence electrons. The maximum absolute atomic E-state index is 12.0. The summed E-state index contributed by atoms with van der Waals surface area (Å²) in [6, 6.07) is 1.05. The largest absolute Gasteiger partial charge is 0.344 e. The Bertz CT molecular complexity index is 340. The number of hydrogen-bond donors (Lipinski definition) is 2. The zero-order valence-electron chi connectivity index (χ0n) is 11.8. The summed E-state index contributed by atoms with van der Waals surface area (Å²) in [4.78, 5) is 14.4. The van der Waals surface area contributed by atoms with Gasteiger partial charge in [0.2, 0.25) is 5.91 Å². The van der Waals surface area contributed by atoms with E-state index in [9.17, 15) is 4.79 Å². The molecule has 1 heterocycles. The van der Waals surface area contributed by atoms with Crippen LogP contribution in [-0.4, -0.2) is 48.6 Å². The van der Waals surface area contributed by atoms with Gasteiger partial charge in [0.05, 0.1) is 12.6 Å². The fourth-order valence-corrected chi connectivity index (χ4v) is 2.80. The van der Waals surface area contributed by atoms with E-state index in [-0.39, 0.29) is 11.9 Å². The summed E-state index contributed by atoms with van der Waals surface area (Å²) >= 11 is 0. The molecule has 2 aliphatic rings. The van der Waals surface area contributed by atoms with E-state index in [0.717, 1.165) is 13.1 Å². The highest BCUT2D eigenvalue weighted by Gasteiger charge is 2.36. The minimum atomic E-state index is -0.0791. The molecule has 2 unspecified atom stereocenters. The highest BCUT2D eigenvalue weighted by Crippen LogP contribution is 2.29. The Labute approximate surface area is 116 Å². The van der Waals surface area contributed by atoms with Crippen LogP contribution in [0.3, 0.4) is 0 Å². The fraction of sp³-hybridized carbons (Fsp3) is 0.800. The topological polar surface area (TPSA) is 44.4 Å². The van der Waals surface area contributed by atoms with Crippen LogP contribution < -0.4 is 10.6 Å². The molecule has 2 N–H and O–H groups in total. The molecule has 2 atom stereocenters. The van der Waals surface area contributed by atoms with Crippen molar-refractivity contribution >= 4 is 5.91 Å². The second-order valence-electron chi connectivity index (χ2n) is 5.67. The zero-order chi connectivity index (χ0) is 13.7. The van der Waals surface area contributed by atoms with Gasteiger partial charge in [0, 0.05) is 18.6 Å². The number of piperidine rings is 1. The van der Waals surface area contributed by atoms with E-state index in [4.69, 9.17) is 6.42 Å². The maximum Gasteiger partial charge on any atom is 0.237 e. The number of nitrogens with one attached hydrogen (secondary N) is 2. The molecule has 1 aliphatic heterocycles. The lowest BCUT2D eigenvalue weighted by atomic mass is 10.0. The number of terminal acetylenes is 1. The highest BCUT2D eigenvalue weighted by molar-refractivity contribution is 5.81. The molecule has 1 saturated carbocycles. The number of carbonyl (C=O) groups excluding carboxylic acids is 1. The van der Waals surface area contributed by atoms with Gasteiger partial charge in [0.15, 0.2) is 0 Å². The Balaban J connectivity index is 1.87. The fourth-order valence-electron chi connectivity index (χ4n) is 2.80. The first kappa shape index (κ1) is 14.4. The van der Waals surface area contributed by atoms with Crippen molar-refractivity contribution in [3.8, 4) is 12.3 Å². The Kier molecular flexibility index (Phi) is 5.24. The smallest absolute Gasteiger partial charge is 0.237 e. The second kappa shape index (κ2) is 6.93. The predicted molar refractivity (Wildman–Crippen MR) is 76.7 cm³/mol. The number of carbonyl (C=O) groups is 1. The van der Waals surface area contributed by atoms with E-state index in [1.807, 2.05) is 6.92 Å². The van der Waals surface area contributed by atoms with Gasteiger partial charge in [-0.15, -0.1) is 6.42 Å². The SMILES string of the molecule is C#CCNC(=O)C(C)N(CC1CCCCN1)C1CC1. The predicted octanol–water partition coefficient (Wildman–Crippen LogP) is 0.731. The van der Waals surface area contributed by atoms with Crippen molar-refractivity contribution in [2.45, 2.75) is 57.2 Å². The van der Waals surface area contributed by atoms with Crippen molar-refractivity contribution in [2.24, 2.45) is 0 Å². The van der Waals surface area contributed by atoms with E-state index in [0.29, 0.717) is 18.6 Å². The van der Waals surface area contributed by atoms with Crippen LogP contribution in [0, 0.1) is 12.3 Å². The Morgan fingerprint density at radius 3 is 2.84 bits per heavy atom. The molecule has 0 aromatic heterocycles. The lowest BCUT2D eigenvalue weighted by Gasteiger charge is -2.33. The normalized spacial score (nSPS) is 24.8. The van der Waals surface area contributed by atoms with Crippen LogP contribution in [0.4, 0.5) is 0 Å². The van der Waals surface area contributed by atoms with E-state index in [1.165, 1.54) is 32.1 Å². The van der Waals surface area contributed by atoms with Crippen LogP contribution in [0.5, 0.6) is 0 Å². The van der Waals surface area contributed by atoms with Gasteiger partial charge >= 0.3 is 0 Å². The van der Waals surface area contributed by atoms with Gasteiger partial charge in [-0.05, 0) is 39.2 Å². The van der Waals surface area contributed by atoms with Crippen LogP contribution in [0.15, 0.2) is 0 Å². The van der Waals surface area contributed by atoms with Gasteiger partial charge in [-0.2, -0.15) is 0 Å². The van der Waals surface area contributed by atoms with Gasteiger partial charge in [0.1, 0.15) is 0 Å². The Morgan fingerprint density at radius 2 is 2.26 bits per heavy atom. The summed E-state index contributed by atoms with van der Waals surface area (Å²) in [5.74, 6) is 2.51. The minimum Gasteiger partial charge on any atom is -0.344 e. The summed E-state index contributed by atoms with van der Waals surface area (Å²) in [7, 11) is 0. The van der Waals surface area contributed by atoms with Crippen molar-refractivity contribution < 1.29 is 4.79 Å². The molecule has 0 spiro atoms. The summed E-state index contributed by atoms with van der Waals surface area (Å²) in [6.45, 7) is 4.41. The molecular formula is C15H25N3O. The summed E-state index contributed by atoms with van der Waals surface area (Å²) in [6.07, 6.45) is 11.4. The average molecular weight is 263 g/mol. The molecule has 0 aromatic carbocycles. The quantitative estimate of drug-likeness (QED) is 0.695. The van der Waals surface area contributed by atoms with Gasteiger partial charge < -0.3 is 10.6 Å². The van der Waals surface area contributed by atoms with Crippen molar-refractivity contribution in [3.05, 3.63) is 0 Å². The highest BCUT2D eigenvalue weighted by atomic mass is 16.2. The third-order valence-electron chi connectivity index (χ3n) is 4.10. The molecule has 2 rings (SSSR count). The number of amides is 1. The van der Waals surface area contributed by atoms with E-state index >= 15 is 0 Å². The molecule has 2 fully saturated rings. The number of nitrogens with zero attached hydrogens (tertiary/aromatic N) is 1. The first-order valence-electron chi connectivity index (χ1n) is 7.42. The minimum absolute atomic E-state index is 0.0562. The average Bonchev–Trinajstić information content (AvgIpc) is 3.27. The Hall–Kier alpha value is -1.05. The molecule has 1 amide bonds. The third-order valence-corrected chi connectivity index (χ3v) is 4.10. The second-order valence-corrected chi connectivity index (χ2v) is 5.67. The van der Waals surface area contributed by atoms with E-state index in [2.05, 4.69) is 21.5 Å². The molecule has 1 aliphatic carbocycles. The first-order valence-corrected chi connectivity index (χ1v) is 7.42. The zero-order valence-corrected chi connectivity index (χ0v) is 11.8. The molecule has 0 aromatic rings. The van der Waals surface area contributed by atoms with E-state index in [1.54, 1.807) is 0 Å². The van der Waals surface area contributed by atoms with Gasteiger partial charge in [-0.3, -0.25) is 9.69 Å². The molecule has 0 radical (unpaired) electrons. The third kappa shape index (κ3) is 4.22. The standard InChI is InChI=1S/C15H25N3O/c1-3-9-17-15(19)12(2)18(14-7-8-14)11-13-6-4-5-10-16-13/h1,12-14,16H,4-11H2,2H3,(H,17,19). The summed E-state index contributed by atoms with van der Waals surface area (Å²) < 4.78 is 0. The van der Waals surface area contributed by atoms with Gasteiger partial charge in [-0.1, -0.05) is 12.3 Å². The summed E-state index contributed by atoms with van der Waals surface area (Å²) in [5.41, 5.74) is 0. The Morgan fingerprint density at radius 1 is 1.47 bits per heavy atom. The summed E-state index contributed by atoms with van der Waals surface area (Å²) in [5, 5.41) is 6.36. The molecule has 0 bridgehead atoms. The molecule has 19 heavy (non-hydrogen) atoms. The molecule has 4 heteroatoms. The van der Waals surface area contributed by atoms with Gasteiger partial charge in [0.25, 0.3) is 0 Å². The van der Waals surface area contributed by atoms with Crippen molar-refractivity contribution in [1.29, 1.82) is 0 Å². The van der Waals surface area contributed by atoms with Crippen molar-refractivity contribution in [1.82, 2.24) is 15.5 Å². The van der Waals surface area contributed by atoms with E-state index < -0.39 is 0 Å². The lowest BCUT2D eigenvalue weighted by Crippen LogP contribution is -2.52. The number of hydrogen-bond acceptors (Lipinski definition) is 3. The van der Waals surface area contributed by atoms with Crippen LogP contribution in [-0.2, 0) is 4.79 Å². The van der Waals surface area contributed by atoms with Crippen molar-refractivity contribution in [2.75, 3.05) is 19.6 Å². The monoisotopic (exact) mass is 263 g/mol. The van der Waals surface area contributed by atoms with Crippen LogP contribution in [0.2, 0.25) is 0 Å². The van der Waals surface area contributed by atoms with Crippen LogP contribution in [0.25, 0.3) is 0 Å². The van der Waals surface area contributed by atoms with Crippen molar-refractivity contribution in [3.63, 3.8) is 0 Å². The molecular weight excluding hydrogens is 238 g/mol. The van der Waals surface area contributed by atoms with Crippen LogP contribution >= 0.6 is 0 Å². The first-order chi connectivity index (χ1) is 9.22. The molecule has 1 saturated heterocycles. The maximum atomic E-state index is 12.0. The van der Waals surface area contributed by atoms with Crippen LogP contribution in [0.1, 0.15) is 39.0 Å². The lowest BCUT2D eigenvalue weighted by molar-refractivity contribution is -0.126. The van der Waals surface area contributed by atoms with Gasteiger partial charge in [-0.25, -0.2) is 0 Å². The number of rotatable bonds is 6. The molecule has 4 nitrogen and oxygen atoms in total.